The number of alkyl halides is 3. The number of hydrogen-bond donors (Lipinski definition) is 1. The third-order valence-electron chi connectivity index (χ3n) is 6.97. The Labute approximate surface area is 186 Å². The topological polar surface area (TPSA) is 35.6 Å². The molecule has 170 valence electrons. The van der Waals surface area contributed by atoms with Crippen molar-refractivity contribution in [2.75, 3.05) is 31.1 Å². The molecule has 2 heterocycles. The average Bonchev–Trinajstić information content (AvgIpc) is 3.61. The van der Waals surface area contributed by atoms with Crippen LogP contribution in [0.2, 0.25) is 0 Å². The molecule has 0 aromatic heterocycles. The number of carbonyl (C=O) groups excluding carboxylic acids is 1. The van der Waals surface area contributed by atoms with Gasteiger partial charge in [-0.25, -0.2) is 0 Å². The van der Waals surface area contributed by atoms with Crippen LogP contribution in [0.25, 0.3) is 0 Å². The number of hydrogen-bond acceptors (Lipinski definition) is 3. The lowest BCUT2D eigenvalue weighted by Gasteiger charge is -2.49. The number of nitrogens with zero attached hydrogens (tertiary/aromatic N) is 2. The van der Waals surface area contributed by atoms with E-state index < -0.39 is 11.7 Å². The van der Waals surface area contributed by atoms with Crippen LogP contribution in [0.3, 0.4) is 0 Å². The molecule has 1 saturated carbocycles. The van der Waals surface area contributed by atoms with Crippen molar-refractivity contribution in [3.05, 3.63) is 65.2 Å². The normalized spacial score (nSPS) is 23.4. The van der Waals surface area contributed by atoms with Crippen LogP contribution >= 0.6 is 0 Å². The van der Waals surface area contributed by atoms with E-state index in [1.54, 1.807) is 6.07 Å². The average molecular weight is 444 g/mol. The van der Waals surface area contributed by atoms with E-state index in [1.165, 1.54) is 17.7 Å². The predicted molar refractivity (Wildman–Crippen MR) is 117 cm³/mol. The fourth-order valence-corrected chi connectivity index (χ4v) is 5.04. The standard InChI is InChI=1S/C25H28F3N3O/c26-25(27,28)20-8-9-22-19(12-20)13-21(24(32)29-14-17-6-7-17)23-16-30(10-11-31(22)23)15-18-4-2-1-3-5-18/h1-5,8-9,12,17,21,23H,6-7,10-11,13-16H2,(H,29,32)/t21-,23-/m1/s1. The number of anilines is 1. The van der Waals surface area contributed by atoms with Crippen LogP contribution in [0.15, 0.2) is 48.5 Å². The minimum absolute atomic E-state index is 0.0310. The molecule has 1 aliphatic carbocycles. The van der Waals surface area contributed by atoms with Crippen molar-refractivity contribution in [1.82, 2.24) is 10.2 Å². The van der Waals surface area contributed by atoms with Gasteiger partial charge in [0.05, 0.1) is 17.5 Å². The molecule has 2 atom stereocenters. The molecule has 2 aromatic rings. The molecule has 32 heavy (non-hydrogen) atoms. The Morgan fingerprint density at radius 3 is 2.56 bits per heavy atom. The van der Waals surface area contributed by atoms with E-state index in [-0.39, 0.29) is 17.9 Å². The molecule has 0 spiro atoms. The minimum Gasteiger partial charge on any atom is -0.365 e. The molecule has 0 bridgehead atoms. The first-order valence-electron chi connectivity index (χ1n) is 11.4. The number of benzene rings is 2. The van der Waals surface area contributed by atoms with Gasteiger partial charge in [0.2, 0.25) is 5.91 Å². The molecule has 4 nitrogen and oxygen atoms in total. The Morgan fingerprint density at radius 1 is 1.06 bits per heavy atom. The zero-order chi connectivity index (χ0) is 22.3. The SMILES string of the molecule is O=C(NCC1CC1)[C@@H]1Cc2cc(C(F)(F)F)ccc2N2CCN(Cc3ccccc3)C[C@H]12. The molecule has 2 fully saturated rings. The molecule has 1 amide bonds. The monoisotopic (exact) mass is 443 g/mol. The molecule has 2 aliphatic heterocycles. The molecule has 7 heteroatoms. The van der Waals surface area contributed by atoms with Crippen LogP contribution < -0.4 is 10.2 Å². The second kappa shape index (κ2) is 8.43. The number of nitrogens with one attached hydrogen (secondary N) is 1. The molecule has 0 radical (unpaired) electrons. The summed E-state index contributed by atoms with van der Waals surface area (Å²) in [4.78, 5) is 17.7. The maximum Gasteiger partial charge on any atom is 0.416 e. The first kappa shape index (κ1) is 21.3. The van der Waals surface area contributed by atoms with Gasteiger partial charge in [0, 0.05) is 38.4 Å². The van der Waals surface area contributed by atoms with Gasteiger partial charge in [0.15, 0.2) is 0 Å². The Morgan fingerprint density at radius 2 is 1.84 bits per heavy atom. The number of fused-ring (bicyclic) bond motifs is 3. The number of halogens is 3. The van der Waals surface area contributed by atoms with Gasteiger partial charge in [0.1, 0.15) is 0 Å². The molecular weight excluding hydrogens is 415 g/mol. The second-order valence-corrected chi connectivity index (χ2v) is 9.32. The van der Waals surface area contributed by atoms with Crippen LogP contribution in [0.1, 0.15) is 29.5 Å². The van der Waals surface area contributed by atoms with Crippen LogP contribution in [0.5, 0.6) is 0 Å². The summed E-state index contributed by atoms with van der Waals surface area (Å²) >= 11 is 0. The van der Waals surface area contributed by atoms with Crippen molar-refractivity contribution < 1.29 is 18.0 Å². The quantitative estimate of drug-likeness (QED) is 0.756. The molecule has 1 N–H and O–H groups in total. The van der Waals surface area contributed by atoms with E-state index >= 15 is 0 Å². The fourth-order valence-electron chi connectivity index (χ4n) is 5.04. The van der Waals surface area contributed by atoms with E-state index in [4.69, 9.17) is 0 Å². The van der Waals surface area contributed by atoms with Gasteiger partial charge in [-0.3, -0.25) is 9.69 Å². The van der Waals surface area contributed by atoms with Crippen molar-refractivity contribution >= 4 is 11.6 Å². The van der Waals surface area contributed by atoms with Crippen molar-refractivity contribution in [2.24, 2.45) is 11.8 Å². The van der Waals surface area contributed by atoms with Crippen LogP contribution in [0.4, 0.5) is 18.9 Å². The molecule has 1 saturated heterocycles. The highest BCUT2D eigenvalue weighted by molar-refractivity contribution is 5.82. The van der Waals surface area contributed by atoms with E-state index in [0.29, 0.717) is 31.0 Å². The van der Waals surface area contributed by atoms with E-state index in [9.17, 15) is 18.0 Å². The van der Waals surface area contributed by atoms with Gasteiger partial charge in [-0.15, -0.1) is 0 Å². The fraction of sp³-hybridized carbons (Fsp3) is 0.480. The zero-order valence-corrected chi connectivity index (χ0v) is 17.9. The molecular formula is C25H28F3N3O. The summed E-state index contributed by atoms with van der Waals surface area (Å²) < 4.78 is 40.0. The van der Waals surface area contributed by atoms with Gasteiger partial charge in [-0.05, 0) is 54.5 Å². The minimum atomic E-state index is -4.38. The lowest BCUT2D eigenvalue weighted by molar-refractivity contribution is -0.137. The summed E-state index contributed by atoms with van der Waals surface area (Å²) in [6.07, 6.45) is -1.76. The second-order valence-electron chi connectivity index (χ2n) is 9.32. The maximum atomic E-state index is 13.3. The smallest absolute Gasteiger partial charge is 0.365 e. The van der Waals surface area contributed by atoms with Gasteiger partial charge in [-0.1, -0.05) is 30.3 Å². The first-order chi connectivity index (χ1) is 15.4. The van der Waals surface area contributed by atoms with E-state index in [2.05, 4.69) is 27.2 Å². The number of carbonyl (C=O) groups is 1. The summed E-state index contributed by atoms with van der Waals surface area (Å²) in [7, 11) is 0. The summed E-state index contributed by atoms with van der Waals surface area (Å²) in [5.41, 5.74) is 2.05. The van der Waals surface area contributed by atoms with Gasteiger partial charge < -0.3 is 10.2 Å². The lowest BCUT2D eigenvalue weighted by Crippen LogP contribution is -2.61. The largest absolute Gasteiger partial charge is 0.416 e. The number of amides is 1. The molecule has 2 aromatic carbocycles. The van der Waals surface area contributed by atoms with Crippen LogP contribution in [-0.2, 0) is 23.9 Å². The van der Waals surface area contributed by atoms with Crippen LogP contribution in [-0.4, -0.2) is 43.0 Å². The van der Waals surface area contributed by atoms with Crippen molar-refractivity contribution in [3.63, 3.8) is 0 Å². The predicted octanol–water partition coefficient (Wildman–Crippen LogP) is 4.09. The van der Waals surface area contributed by atoms with Crippen molar-refractivity contribution in [3.8, 4) is 0 Å². The van der Waals surface area contributed by atoms with Crippen molar-refractivity contribution in [1.29, 1.82) is 0 Å². The van der Waals surface area contributed by atoms with Gasteiger partial charge in [0.25, 0.3) is 0 Å². The Kier molecular flexibility index (Phi) is 5.61. The Hall–Kier alpha value is -2.54. The maximum absolute atomic E-state index is 13.3. The third kappa shape index (κ3) is 4.49. The van der Waals surface area contributed by atoms with Gasteiger partial charge >= 0.3 is 6.18 Å². The molecule has 0 unspecified atom stereocenters. The molecule has 3 aliphatic rings. The summed E-state index contributed by atoms with van der Waals surface area (Å²) in [6.45, 7) is 3.70. The zero-order valence-electron chi connectivity index (χ0n) is 17.9. The third-order valence-corrected chi connectivity index (χ3v) is 6.97. The summed E-state index contributed by atoms with van der Waals surface area (Å²) in [5, 5.41) is 3.08. The highest BCUT2D eigenvalue weighted by Gasteiger charge is 2.43. The first-order valence-corrected chi connectivity index (χ1v) is 11.4. The number of rotatable bonds is 5. The van der Waals surface area contributed by atoms with E-state index in [0.717, 1.165) is 38.2 Å². The Bertz CT molecular complexity index is 974. The Balaban J connectivity index is 1.40. The number of piperazine rings is 1. The highest BCUT2D eigenvalue weighted by atomic mass is 19.4. The van der Waals surface area contributed by atoms with Crippen LogP contribution in [0, 0.1) is 11.8 Å². The van der Waals surface area contributed by atoms with E-state index in [1.807, 2.05) is 18.2 Å². The lowest BCUT2D eigenvalue weighted by atomic mass is 9.82. The molecule has 5 rings (SSSR count). The summed E-state index contributed by atoms with van der Waals surface area (Å²) in [5.74, 6) is 0.170. The van der Waals surface area contributed by atoms with Gasteiger partial charge in [-0.2, -0.15) is 13.2 Å². The summed E-state index contributed by atoms with van der Waals surface area (Å²) in [6, 6.07) is 14.2. The van der Waals surface area contributed by atoms with Crippen molar-refractivity contribution in [2.45, 2.75) is 38.0 Å². The highest BCUT2D eigenvalue weighted by Crippen LogP contribution is 2.40.